The molecule has 0 saturated carbocycles. The topological polar surface area (TPSA) is 59.6 Å². The first-order chi connectivity index (χ1) is 12.7. The summed E-state index contributed by atoms with van der Waals surface area (Å²) in [4.78, 5) is 12.3. The maximum atomic E-state index is 12.3. The Morgan fingerprint density at radius 2 is 1.63 bits per heavy atom. The Labute approximate surface area is 166 Å². The summed E-state index contributed by atoms with van der Waals surface area (Å²) in [6.45, 7) is 2.54. The average molecular weight is 391 g/mol. The molecule has 1 aliphatic heterocycles. The Kier molecular flexibility index (Phi) is 8.58. The minimum Gasteiger partial charge on any atom is -0.457 e. The van der Waals surface area contributed by atoms with Crippen LogP contribution >= 0.6 is 12.4 Å². The van der Waals surface area contributed by atoms with Crippen LogP contribution in [0.25, 0.3) is 0 Å². The van der Waals surface area contributed by atoms with Crippen LogP contribution in [-0.4, -0.2) is 32.7 Å². The summed E-state index contributed by atoms with van der Waals surface area (Å²) >= 11 is 0. The molecule has 1 amide bonds. The maximum Gasteiger partial charge on any atom is 0.227 e. The van der Waals surface area contributed by atoms with Gasteiger partial charge >= 0.3 is 0 Å². The normalized spacial score (nSPS) is 14.3. The molecule has 0 spiro atoms. The lowest BCUT2D eigenvalue weighted by atomic mass is 9.97. The Balaban J connectivity index is 0.00000261. The molecule has 3 rings (SSSR count). The molecule has 27 heavy (non-hydrogen) atoms. The van der Waals surface area contributed by atoms with Crippen LogP contribution in [0.1, 0.15) is 18.4 Å². The second-order valence-corrected chi connectivity index (χ2v) is 6.53. The van der Waals surface area contributed by atoms with Gasteiger partial charge in [-0.15, -0.1) is 12.4 Å². The monoisotopic (exact) mass is 390 g/mol. The number of anilines is 1. The third kappa shape index (κ3) is 6.54. The zero-order chi connectivity index (χ0) is 18.2. The fraction of sp³-hybridized carbons (Fsp3) is 0.381. The predicted octanol–water partition coefficient (Wildman–Crippen LogP) is 4.03. The fourth-order valence-electron chi connectivity index (χ4n) is 3.01. The van der Waals surface area contributed by atoms with Crippen molar-refractivity contribution in [1.82, 2.24) is 5.32 Å². The lowest BCUT2D eigenvalue weighted by molar-refractivity contribution is -0.120. The molecule has 2 aromatic carbocycles. The molecule has 0 aromatic heterocycles. The molecule has 1 fully saturated rings. The zero-order valence-electron chi connectivity index (χ0n) is 15.6. The second kappa shape index (κ2) is 10.9. The predicted molar refractivity (Wildman–Crippen MR) is 110 cm³/mol. The highest BCUT2D eigenvalue weighted by atomic mass is 35.5. The van der Waals surface area contributed by atoms with Crippen molar-refractivity contribution in [3.63, 3.8) is 0 Å². The van der Waals surface area contributed by atoms with E-state index in [4.69, 9.17) is 9.47 Å². The number of rotatable bonds is 7. The molecule has 6 heteroatoms. The van der Waals surface area contributed by atoms with Gasteiger partial charge in [-0.05, 0) is 74.3 Å². The number of piperidine rings is 1. The number of nitrogens with one attached hydrogen (secondary N) is 2. The van der Waals surface area contributed by atoms with Crippen LogP contribution in [0, 0.1) is 5.92 Å². The van der Waals surface area contributed by atoms with Crippen molar-refractivity contribution in [2.75, 3.05) is 32.1 Å². The molecule has 1 heterocycles. The Bertz CT molecular complexity index is 698. The number of hydrogen-bond donors (Lipinski definition) is 2. The summed E-state index contributed by atoms with van der Waals surface area (Å²) in [7, 11) is 1.70. The smallest absolute Gasteiger partial charge is 0.227 e. The first-order valence-electron chi connectivity index (χ1n) is 9.12. The third-order valence-corrected chi connectivity index (χ3v) is 4.59. The number of carbonyl (C=O) groups excluding carboxylic acids is 1. The molecule has 0 unspecified atom stereocenters. The molecule has 1 aliphatic rings. The van der Waals surface area contributed by atoms with E-state index in [1.54, 1.807) is 7.11 Å². The Morgan fingerprint density at radius 3 is 2.22 bits per heavy atom. The highest BCUT2D eigenvalue weighted by Gasteiger charge is 2.20. The number of ether oxygens (including phenoxy) is 2. The Hall–Kier alpha value is -2.08. The van der Waals surface area contributed by atoms with Gasteiger partial charge in [0.2, 0.25) is 5.91 Å². The zero-order valence-corrected chi connectivity index (χ0v) is 16.4. The first-order valence-corrected chi connectivity index (χ1v) is 9.12. The molecular formula is C21H27ClN2O3. The molecule has 0 aliphatic carbocycles. The summed E-state index contributed by atoms with van der Waals surface area (Å²) in [5.74, 6) is 1.74. The number of halogens is 1. The molecule has 0 radical (unpaired) electrons. The summed E-state index contributed by atoms with van der Waals surface area (Å²) in [5.41, 5.74) is 2.02. The van der Waals surface area contributed by atoms with E-state index in [1.807, 2.05) is 48.5 Å². The van der Waals surface area contributed by atoms with Crippen molar-refractivity contribution in [1.29, 1.82) is 0 Å². The van der Waals surface area contributed by atoms with Crippen LogP contribution < -0.4 is 15.4 Å². The quantitative estimate of drug-likeness (QED) is 0.749. The number of carbonyl (C=O) groups is 1. The van der Waals surface area contributed by atoms with Crippen molar-refractivity contribution in [2.45, 2.75) is 19.3 Å². The van der Waals surface area contributed by atoms with E-state index in [2.05, 4.69) is 10.6 Å². The number of methoxy groups -OCH3 is 1. The highest BCUT2D eigenvalue weighted by Crippen LogP contribution is 2.24. The summed E-state index contributed by atoms with van der Waals surface area (Å²) < 4.78 is 10.9. The van der Waals surface area contributed by atoms with Crippen LogP contribution in [0.2, 0.25) is 0 Å². The van der Waals surface area contributed by atoms with Gasteiger partial charge in [-0.25, -0.2) is 0 Å². The largest absolute Gasteiger partial charge is 0.457 e. The van der Waals surface area contributed by atoms with Gasteiger partial charge in [-0.2, -0.15) is 0 Å². The highest BCUT2D eigenvalue weighted by molar-refractivity contribution is 5.92. The van der Waals surface area contributed by atoms with Crippen molar-refractivity contribution < 1.29 is 14.3 Å². The summed E-state index contributed by atoms with van der Waals surface area (Å²) in [5, 5.41) is 6.27. The van der Waals surface area contributed by atoms with Gasteiger partial charge in [0, 0.05) is 18.7 Å². The summed E-state index contributed by atoms with van der Waals surface area (Å²) in [6, 6.07) is 15.5. The minimum atomic E-state index is 0. The molecule has 0 bridgehead atoms. The molecule has 1 saturated heterocycles. The van der Waals surface area contributed by atoms with E-state index in [1.165, 1.54) is 5.56 Å². The van der Waals surface area contributed by atoms with Crippen LogP contribution in [0.15, 0.2) is 48.5 Å². The van der Waals surface area contributed by atoms with E-state index in [0.29, 0.717) is 6.61 Å². The molecule has 5 nitrogen and oxygen atoms in total. The van der Waals surface area contributed by atoms with Gasteiger partial charge in [0.15, 0.2) is 0 Å². The maximum absolute atomic E-state index is 12.3. The van der Waals surface area contributed by atoms with Gasteiger partial charge < -0.3 is 20.1 Å². The van der Waals surface area contributed by atoms with Gasteiger partial charge in [-0.3, -0.25) is 4.79 Å². The SMILES string of the molecule is COCCc1ccc(Oc2ccc(NC(=O)C3CCNCC3)cc2)cc1.Cl. The van der Waals surface area contributed by atoms with E-state index >= 15 is 0 Å². The number of hydrogen-bond acceptors (Lipinski definition) is 4. The minimum absolute atomic E-state index is 0. The van der Waals surface area contributed by atoms with Crippen molar-refractivity contribution in [3.05, 3.63) is 54.1 Å². The first kappa shape index (κ1) is 21.2. The third-order valence-electron chi connectivity index (χ3n) is 4.59. The van der Waals surface area contributed by atoms with E-state index < -0.39 is 0 Å². The van der Waals surface area contributed by atoms with Gasteiger partial charge in [0.1, 0.15) is 11.5 Å². The van der Waals surface area contributed by atoms with Gasteiger partial charge in [-0.1, -0.05) is 12.1 Å². The van der Waals surface area contributed by atoms with Gasteiger partial charge in [0.05, 0.1) is 6.61 Å². The lowest BCUT2D eigenvalue weighted by Gasteiger charge is -2.21. The Morgan fingerprint density at radius 1 is 1.04 bits per heavy atom. The fourth-order valence-corrected chi connectivity index (χ4v) is 3.01. The average Bonchev–Trinajstić information content (AvgIpc) is 2.69. The van der Waals surface area contributed by atoms with Crippen LogP contribution in [0.3, 0.4) is 0 Å². The summed E-state index contributed by atoms with van der Waals surface area (Å²) in [6.07, 6.45) is 2.68. The standard InChI is InChI=1S/C21H26N2O3.ClH/c1-25-15-12-16-2-6-19(7-3-16)26-20-8-4-18(5-9-20)23-21(24)17-10-13-22-14-11-17;/h2-9,17,22H,10-15H2,1H3,(H,23,24);1H. The molecule has 0 atom stereocenters. The van der Waals surface area contributed by atoms with Crippen molar-refractivity contribution in [3.8, 4) is 11.5 Å². The lowest BCUT2D eigenvalue weighted by Crippen LogP contribution is -2.34. The molecule has 146 valence electrons. The number of amides is 1. The van der Waals surface area contributed by atoms with E-state index in [-0.39, 0.29) is 24.2 Å². The molecule has 2 aromatic rings. The van der Waals surface area contributed by atoms with Crippen LogP contribution in [0.5, 0.6) is 11.5 Å². The van der Waals surface area contributed by atoms with Crippen molar-refractivity contribution >= 4 is 24.0 Å². The van der Waals surface area contributed by atoms with E-state index in [9.17, 15) is 4.79 Å². The second-order valence-electron chi connectivity index (χ2n) is 6.53. The van der Waals surface area contributed by atoms with E-state index in [0.717, 1.165) is 49.5 Å². The molecule has 2 N–H and O–H groups in total. The molecular weight excluding hydrogens is 364 g/mol. The van der Waals surface area contributed by atoms with Crippen LogP contribution in [0.4, 0.5) is 5.69 Å². The van der Waals surface area contributed by atoms with Crippen LogP contribution in [-0.2, 0) is 16.0 Å². The number of benzene rings is 2. The van der Waals surface area contributed by atoms with Crippen molar-refractivity contribution in [2.24, 2.45) is 5.92 Å². The van der Waals surface area contributed by atoms with Gasteiger partial charge in [0.25, 0.3) is 0 Å².